The second kappa shape index (κ2) is 7.22. The van der Waals surface area contributed by atoms with Gasteiger partial charge in [0.2, 0.25) is 5.91 Å². The van der Waals surface area contributed by atoms with E-state index in [9.17, 15) is 14.9 Å². The molecule has 0 spiro atoms. The van der Waals surface area contributed by atoms with E-state index in [1.54, 1.807) is 18.2 Å². The van der Waals surface area contributed by atoms with Gasteiger partial charge in [-0.25, -0.2) is 0 Å². The fourth-order valence-corrected chi connectivity index (χ4v) is 4.85. The van der Waals surface area contributed by atoms with Crippen LogP contribution in [0, 0.1) is 11.3 Å². The topological polar surface area (TPSA) is 82.4 Å². The van der Waals surface area contributed by atoms with Crippen molar-refractivity contribution in [3.05, 3.63) is 39.2 Å². The van der Waals surface area contributed by atoms with E-state index < -0.39 is 0 Å². The maximum atomic E-state index is 12.6. The highest BCUT2D eigenvalue weighted by atomic mass is 35.5. The molecule has 0 bridgehead atoms. The Labute approximate surface area is 165 Å². The Bertz CT molecular complexity index is 979. The fourth-order valence-electron chi connectivity index (χ4n) is 3.43. The van der Waals surface area contributed by atoms with Crippen LogP contribution in [-0.2, 0) is 22.4 Å². The summed E-state index contributed by atoms with van der Waals surface area (Å²) in [6.07, 6.45) is 3.98. The van der Waals surface area contributed by atoms with Crippen LogP contribution >= 0.6 is 22.9 Å². The molecule has 0 radical (unpaired) electrons. The monoisotopic (exact) mass is 401 g/mol. The van der Waals surface area contributed by atoms with E-state index >= 15 is 0 Å². The van der Waals surface area contributed by atoms with Crippen molar-refractivity contribution in [2.24, 2.45) is 0 Å². The normalized spacial score (nSPS) is 15.4. The number of halogens is 1. The number of thiophene rings is 1. The third kappa shape index (κ3) is 3.38. The summed E-state index contributed by atoms with van der Waals surface area (Å²) in [5, 5.41) is 13.4. The number of aryl methyl sites for hydroxylation is 1. The molecule has 6 nitrogen and oxygen atoms in total. The number of carbonyl (C=O) groups is 2. The second-order valence-electron chi connectivity index (χ2n) is 6.46. The molecular weight excluding hydrogens is 386 g/mol. The molecule has 8 heteroatoms. The van der Waals surface area contributed by atoms with E-state index in [0.717, 1.165) is 31.2 Å². The standard InChI is InChI=1S/C19H16ClN3O3S/c20-11-5-6-15-14(7-11)23(18(25)10-26-15)9-17(24)22-19-13(8-21)12-3-1-2-4-16(12)27-19/h5-7H,1-4,9-10H2,(H,22,24). The zero-order chi connectivity index (χ0) is 19.0. The lowest BCUT2D eigenvalue weighted by Crippen LogP contribution is -2.43. The molecule has 1 N–H and O–H groups in total. The van der Waals surface area contributed by atoms with Crippen molar-refractivity contribution in [2.75, 3.05) is 23.4 Å². The molecule has 0 saturated carbocycles. The van der Waals surface area contributed by atoms with Crippen molar-refractivity contribution in [3.63, 3.8) is 0 Å². The summed E-state index contributed by atoms with van der Waals surface area (Å²) in [7, 11) is 0. The number of anilines is 2. The van der Waals surface area contributed by atoms with Gasteiger partial charge in [0.05, 0.1) is 11.3 Å². The number of amides is 2. The van der Waals surface area contributed by atoms with Crippen LogP contribution < -0.4 is 15.0 Å². The highest BCUT2D eigenvalue weighted by Gasteiger charge is 2.28. The summed E-state index contributed by atoms with van der Waals surface area (Å²) in [4.78, 5) is 27.4. The highest BCUT2D eigenvalue weighted by molar-refractivity contribution is 7.16. The Balaban J connectivity index is 1.56. The first-order valence-corrected chi connectivity index (χ1v) is 9.83. The number of ether oxygens (including phenoxy) is 1. The van der Waals surface area contributed by atoms with E-state index in [1.165, 1.54) is 21.1 Å². The average molecular weight is 402 g/mol. The van der Waals surface area contributed by atoms with E-state index in [4.69, 9.17) is 16.3 Å². The molecule has 0 saturated heterocycles. The van der Waals surface area contributed by atoms with Crippen molar-refractivity contribution in [2.45, 2.75) is 25.7 Å². The molecule has 0 fully saturated rings. The quantitative estimate of drug-likeness (QED) is 0.853. The molecule has 2 heterocycles. The molecule has 138 valence electrons. The van der Waals surface area contributed by atoms with Crippen LogP contribution in [0.1, 0.15) is 28.8 Å². The number of hydrogen-bond acceptors (Lipinski definition) is 5. The van der Waals surface area contributed by atoms with Crippen LogP contribution in [0.3, 0.4) is 0 Å². The van der Waals surface area contributed by atoms with Crippen molar-refractivity contribution in [3.8, 4) is 11.8 Å². The van der Waals surface area contributed by atoms with Gasteiger partial charge in [0.15, 0.2) is 6.61 Å². The summed E-state index contributed by atoms with van der Waals surface area (Å²) in [6.45, 7) is -0.290. The molecule has 2 aromatic rings. The number of hydrogen-bond donors (Lipinski definition) is 1. The smallest absolute Gasteiger partial charge is 0.265 e. The highest BCUT2D eigenvalue weighted by Crippen LogP contribution is 2.38. The molecule has 0 atom stereocenters. The van der Waals surface area contributed by atoms with Gasteiger partial charge in [-0.05, 0) is 49.4 Å². The zero-order valence-corrected chi connectivity index (χ0v) is 16.0. The number of benzene rings is 1. The zero-order valence-electron chi connectivity index (χ0n) is 14.4. The molecule has 1 aliphatic heterocycles. The van der Waals surface area contributed by atoms with Crippen LogP contribution in [0.5, 0.6) is 5.75 Å². The fraction of sp³-hybridized carbons (Fsp3) is 0.316. The van der Waals surface area contributed by atoms with Crippen molar-refractivity contribution < 1.29 is 14.3 Å². The van der Waals surface area contributed by atoms with E-state index in [-0.39, 0.29) is 25.0 Å². The van der Waals surface area contributed by atoms with Gasteiger partial charge in [-0.3, -0.25) is 14.5 Å². The first kappa shape index (κ1) is 17.8. The molecule has 2 aliphatic rings. The van der Waals surface area contributed by atoms with Crippen molar-refractivity contribution >= 4 is 45.4 Å². The van der Waals surface area contributed by atoms with Gasteiger partial charge < -0.3 is 10.1 Å². The third-order valence-electron chi connectivity index (χ3n) is 4.70. The predicted octanol–water partition coefficient (Wildman–Crippen LogP) is 3.52. The van der Waals surface area contributed by atoms with Gasteiger partial charge in [-0.2, -0.15) is 5.26 Å². The van der Waals surface area contributed by atoms with Crippen LogP contribution in [0.25, 0.3) is 0 Å². The molecule has 1 aliphatic carbocycles. The second-order valence-corrected chi connectivity index (χ2v) is 8.00. The molecule has 0 unspecified atom stereocenters. The van der Waals surface area contributed by atoms with Crippen molar-refractivity contribution in [1.29, 1.82) is 5.26 Å². The number of nitrogens with zero attached hydrogens (tertiary/aromatic N) is 2. The van der Waals surface area contributed by atoms with Gasteiger partial charge in [-0.15, -0.1) is 11.3 Å². The third-order valence-corrected chi connectivity index (χ3v) is 6.14. The largest absolute Gasteiger partial charge is 0.482 e. The molecule has 1 aromatic carbocycles. The van der Waals surface area contributed by atoms with E-state index in [1.807, 2.05) is 0 Å². The first-order valence-electron chi connectivity index (χ1n) is 8.64. The molecular formula is C19H16ClN3O3S. The molecule has 4 rings (SSSR count). The maximum absolute atomic E-state index is 12.6. The lowest BCUT2D eigenvalue weighted by Gasteiger charge is -2.28. The minimum absolute atomic E-state index is 0.126. The lowest BCUT2D eigenvalue weighted by atomic mass is 9.96. The van der Waals surface area contributed by atoms with Gasteiger partial charge in [0.25, 0.3) is 5.91 Å². The van der Waals surface area contributed by atoms with Gasteiger partial charge in [0.1, 0.15) is 23.4 Å². The summed E-state index contributed by atoms with van der Waals surface area (Å²) in [6, 6.07) is 7.17. The Kier molecular flexibility index (Phi) is 4.77. The molecule has 27 heavy (non-hydrogen) atoms. The van der Waals surface area contributed by atoms with Gasteiger partial charge >= 0.3 is 0 Å². The Morgan fingerprint density at radius 1 is 1.37 bits per heavy atom. The minimum Gasteiger partial charge on any atom is -0.482 e. The van der Waals surface area contributed by atoms with Crippen molar-refractivity contribution in [1.82, 2.24) is 0 Å². The minimum atomic E-state index is -0.355. The number of rotatable bonds is 3. The van der Waals surface area contributed by atoms with Gasteiger partial charge in [-0.1, -0.05) is 11.6 Å². The number of nitrogens with one attached hydrogen (secondary N) is 1. The van der Waals surface area contributed by atoms with Crippen LogP contribution in [0.4, 0.5) is 10.7 Å². The SMILES string of the molecule is N#Cc1c(NC(=O)CN2C(=O)COc3ccc(Cl)cc32)sc2c1CCCC2. The first-order chi connectivity index (χ1) is 13.1. The van der Waals surface area contributed by atoms with Gasteiger partial charge in [0, 0.05) is 9.90 Å². The van der Waals surface area contributed by atoms with E-state index in [0.29, 0.717) is 27.0 Å². The summed E-state index contributed by atoms with van der Waals surface area (Å²) >= 11 is 7.49. The summed E-state index contributed by atoms with van der Waals surface area (Å²) < 4.78 is 5.39. The molecule has 1 aromatic heterocycles. The number of nitriles is 1. The van der Waals surface area contributed by atoms with Crippen LogP contribution in [0.15, 0.2) is 18.2 Å². The summed E-state index contributed by atoms with van der Waals surface area (Å²) in [5.41, 5.74) is 2.09. The van der Waals surface area contributed by atoms with Crippen LogP contribution in [-0.4, -0.2) is 25.0 Å². The Hall–Kier alpha value is -2.56. The Morgan fingerprint density at radius 3 is 3.00 bits per heavy atom. The van der Waals surface area contributed by atoms with Crippen LogP contribution in [0.2, 0.25) is 5.02 Å². The molecule has 2 amide bonds. The predicted molar refractivity (Wildman–Crippen MR) is 104 cm³/mol. The summed E-state index contributed by atoms with van der Waals surface area (Å²) in [5.74, 6) is -0.159. The average Bonchev–Trinajstić information content (AvgIpc) is 3.01. The Morgan fingerprint density at radius 2 is 2.19 bits per heavy atom. The number of fused-ring (bicyclic) bond motifs is 2. The maximum Gasteiger partial charge on any atom is 0.265 e. The van der Waals surface area contributed by atoms with E-state index in [2.05, 4.69) is 11.4 Å². The number of carbonyl (C=O) groups excluding carboxylic acids is 2. The lowest BCUT2D eigenvalue weighted by molar-refractivity contribution is -0.123.